The summed E-state index contributed by atoms with van der Waals surface area (Å²) in [6, 6.07) is 8.77. The zero-order valence-electron chi connectivity index (χ0n) is 13.7. The van der Waals surface area contributed by atoms with Gasteiger partial charge in [0.15, 0.2) is 0 Å². The van der Waals surface area contributed by atoms with E-state index in [0.717, 1.165) is 5.75 Å². The number of nitrogens with two attached hydrogens (primary N) is 1. The number of ether oxygens (including phenoxy) is 1. The lowest BCUT2D eigenvalue weighted by Gasteiger charge is -2.20. The summed E-state index contributed by atoms with van der Waals surface area (Å²) in [5, 5.41) is 2.86. The van der Waals surface area contributed by atoms with Crippen LogP contribution in [-0.2, 0) is 9.59 Å². The summed E-state index contributed by atoms with van der Waals surface area (Å²) >= 11 is 0. The molecule has 1 aromatic carbocycles. The van der Waals surface area contributed by atoms with Crippen molar-refractivity contribution in [3.8, 4) is 5.75 Å². The normalized spacial score (nSPS) is 19.0. The minimum absolute atomic E-state index is 0.0325. The number of carbonyl (C=O) groups excluding carboxylic acids is 2. The van der Waals surface area contributed by atoms with Crippen LogP contribution in [0.5, 0.6) is 5.75 Å². The van der Waals surface area contributed by atoms with Gasteiger partial charge in [-0.3, -0.25) is 9.59 Å². The average Bonchev–Trinajstić information content (AvgIpc) is 2.87. The zero-order chi connectivity index (χ0) is 16.8. The van der Waals surface area contributed by atoms with E-state index >= 15 is 0 Å². The Labute approximate surface area is 137 Å². The Morgan fingerprint density at radius 3 is 2.74 bits per heavy atom. The molecule has 0 bridgehead atoms. The largest absolute Gasteiger partial charge is 0.492 e. The summed E-state index contributed by atoms with van der Waals surface area (Å²) in [4.78, 5) is 25.7. The molecule has 1 aliphatic rings. The molecule has 0 saturated carbocycles. The Morgan fingerprint density at radius 1 is 1.39 bits per heavy atom. The van der Waals surface area contributed by atoms with Gasteiger partial charge in [-0.15, -0.1) is 0 Å². The maximum absolute atomic E-state index is 12.0. The molecule has 2 rings (SSSR count). The lowest BCUT2D eigenvalue weighted by molar-refractivity contribution is -0.128. The third-order valence-corrected chi connectivity index (χ3v) is 3.96. The van der Waals surface area contributed by atoms with E-state index in [2.05, 4.69) is 5.32 Å². The van der Waals surface area contributed by atoms with E-state index in [4.69, 9.17) is 10.5 Å². The van der Waals surface area contributed by atoms with Crippen LogP contribution in [0.1, 0.15) is 20.3 Å². The van der Waals surface area contributed by atoms with Gasteiger partial charge in [-0.25, -0.2) is 0 Å². The number of amides is 2. The maximum atomic E-state index is 12.0. The van der Waals surface area contributed by atoms with Crippen molar-refractivity contribution < 1.29 is 14.3 Å². The summed E-state index contributed by atoms with van der Waals surface area (Å²) in [6.45, 7) is 5.25. The van der Waals surface area contributed by atoms with Crippen molar-refractivity contribution in [1.29, 1.82) is 0 Å². The fourth-order valence-corrected chi connectivity index (χ4v) is 2.48. The second-order valence-electron chi connectivity index (χ2n) is 6.18. The van der Waals surface area contributed by atoms with Crippen LogP contribution in [0.25, 0.3) is 0 Å². The molecule has 6 heteroatoms. The van der Waals surface area contributed by atoms with Crippen molar-refractivity contribution in [3.63, 3.8) is 0 Å². The lowest BCUT2D eigenvalue weighted by atomic mass is 10.0. The molecule has 1 fully saturated rings. The quantitative estimate of drug-likeness (QED) is 0.777. The molecular formula is C17H25N3O3. The second kappa shape index (κ2) is 7.97. The van der Waals surface area contributed by atoms with Gasteiger partial charge < -0.3 is 20.7 Å². The molecule has 0 radical (unpaired) electrons. The number of benzene rings is 1. The monoisotopic (exact) mass is 319 g/mol. The van der Waals surface area contributed by atoms with Crippen molar-refractivity contribution >= 4 is 11.8 Å². The van der Waals surface area contributed by atoms with Gasteiger partial charge in [-0.05, 0) is 18.1 Å². The third-order valence-electron chi connectivity index (χ3n) is 3.96. The Hall–Kier alpha value is -2.08. The van der Waals surface area contributed by atoms with Crippen molar-refractivity contribution in [2.75, 3.05) is 19.7 Å². The minimum atomic E-state index is -0.541. The Morgan fingerprint density at radius 2 is 2.09 bits per heavy atom. The average molecular weight is 319 g/mol. The van der Waals surface area contributed by atoms with E-state index in [0.29, 0.717) is 26.1 Å². The highest BCUT2D eigenvalue weighted by Crippen LogP contribution is 2.13. The molecule has 6 nitrogen and oxygen atoms in total. The number of hydrogen-bond acceptors (Lipinski definition) is 4. The van der Waals surface area contributed by atoms with Crippen LogP contribution in [-0.4, -0.2) is 48.5 Å². The molecule has 1 aromatic rings. The molecule has 1 heterocycles. The van der Waals surface area contributed by atoms with Gasteiger partial charge in [-0.2, -0.15) is 0 Å². The van der Waals surface area contributed by atoms with Crippen molar-refractivity contribution in [3.05, 3.63) is 30.3 Å². The van der Waals surface area contributed by atoms with Gasteiger partial charge in [-0.1, -0.05) is 32.0 Å². The van der Waals surface area contributed by atoms with Crippen LogP contribution in [0.2, 0.25) is 0 Å². The standard InChI is InChI=1S/C17H25N3O3/c1-12(2)16(18)17(22)19-13-10-15(21)20(11-13)8-9-23-14-6-4-3-5-7-14/h3-7,12-13,16H,8-11,18H2,1-2H3,(H,19,22)/t13?,16-/m0/s1. The summed E-state index contributed by atoms with van der Waals surface area (Å²) < 4.78 is 5.60. The predicted octanol–water partition coefficient (Wildman–Crippen LogP) is 0.766. The summed E-state index contributed by atoms with van der Waals surface area (Å²) in [6.07, 6.45) is 0.321. The van der Waals surface area contributed by atoms with Gasteiger partial charge in [0.05, 0.1) is 18.6 Å². The smallest absolute Gasteiger partial charge is 0.237 e. The fraction of sp³-hybridized carbons (Fsp3) is 0.529. The number of para-hydroxylation sites is 1. The van der Waals surface area contributed by atoms with Crippen LogP contribution >= 0.6 is 0 Å². The number of nitrogens with one attached hydrogen (secondary N) is 1. The summed E-state index contributed by atoms with van der Waals surface area (Å²) in [5.41, 5.74) is 5.82. The Bertz CT molecular complexity index is 533. The van der Waals surface area contributed by atoms with Gasteiger partial charge >= 0.3 is 0 Å². The molecule has 126 valence electrons. The first-order valence-electron chi connectivity index (χ1n) is 7.99. The molecule has 23 heavy (non-hydrogen) atoms. The van der Waals surface area contributed by atoms with E-state index < -0.39 is 6.04 Å². The lowest BCUT2D eigenvalue weighted by Crippen LogP contribution is -2.48. The van der Waals surface area contributed by atoms with E-state index in [1.54, 1.807) is 4.90 Å². The second-order valence-corrected chi connectivity index (χ2v) is 6.18. The van der Waals surface area contributed by atoms with Crippen LogP contribution in [0, 0.1) is 5.92 Å². The van der Waals surface area contributed by atoms with Gasteiger partial charge in [0.2, 0.25) is 11.8 Å². The summed E-state index contributed by atoms with van der Waals surface area (Å²) in [7, 11) is 0. The molecule has 1 aliphatic heterocycles. The number of hydrogen-bond donors (Lipinski definition) is 2. The molecule has 2 amide bonds. The highest BCUT2D eigenvalue weighted by molar-refractivity contribution is 5.84. The predicted molar refractivity (Wildman–Crippen MR) is 87.9 cm³/mol. The first kappa shape index (κ1) is 17.3. The first-order chi connectivity index (χ1) is 11.0. The van der Waals surface area contributed by atoms with Crippen molar-refractivity contribution in [1.82, 2.24) is 10.2 Å². The summed E-state index contributed by atoms with van der Waals surface area (Å²) in [5.74, 6) is 0.694. The van der Waals surface area contributed by atoms with E-state index in [1.165, 1.54) is 0 Å². The van der Waals surface area contributed by atoms with Gasteiger partial charge in [0, 0.05) is 13.0 Å². The van der Waals surface area contributed by atoms with Crippen LogP contribution in [0.3, 0.4) is 0 Å². The molecule has 1 saturated heterocycles. The van der Waals surface area contributed by atoms with Crippen LogP contribution < -0.4 is 15.8 Å². The first-order valence-corrected chi connectivity index (χ1v) is 7.99. The van der Waals surface area contributed by atoms with E-state index in [1.807, 2.05) is 44.2 Å². The Balaban J connectivity index is 1.75. The highest BCUT2D eigenvalue weighted by Gasteiger charge is 2.31. The Kier molecular flexibility index (Phi) is 5.98. The highest BCUT2D eigenvalue weighted by atomic mass is 16.5. The molecule has 0 aliphatic carbocycles. The van der Waals surface area contributed by atoms with Gasteiger partial charge in [0.1, 0.15) is 12.4 Å². The number of carbonyl (C=O) groups is 2. The minimum Gasteiger partial charge on any atom is -0.492 e. The number of nitrogens with zero attached hydrogens (tertiary/aromatic N) is 1. The van der Waals surface area contributed by atoms with Crippen molar-refractivity contribution in [2.45, 2.75) is 32.4 Å². The van der Waals surface area contributed by atoms with E-state index in [-0.39, 0.29) is 23.8 Å². The van der Waals surface area contributed by atoms with Crippen LogP contribution in [0.4, 0.5) is 0 Å². The molecule has 3 N–H and O–H groups in total. The SMILES string of the molecule is CC(C)[C@H](N)C(=O)NC1CC(=O)N(CCOc2ccccc2)C1. The number of likely N-dealkylation sites (tertiary alicyclic amines) is 1. The third kappa shape index (κ3) is 4.96. The molecule has 2 atom stereocenters. The maximum Gasteiger partial charge on any atom is 0.237 e. The van der Waals surface area contributed by atoms with Crippen molar-refractivity contribution in [2.24, 2.45) is 11.7 Å². The fourth-order valence-electron chi connectivity index (χ4n) is 2.48. The topological polar surface area (TPSA) is 84.7 Å². The molecular weight excluding hydrogens is 294 g/mol. The van der Waals surface area contributed by atoms with Crippen LogP contribution in [0.15, 0.2) is 30.3 Å². The van der Waals surface area contributed by atoms with Gasteiger partial charge in [0.25, 0.3) is 0 Å². The molecule has 0 spiro atoms. The molecule has 0 aromatic heterocycles. The molecule has 1 unspecified atom stereocenters. The zero-order valence-corrected chi connectivity index (χ0v) is 13.7. The van der Waals surface area contributed by atoms with E-state index in [9.17, 15) is 9.59 Å². The number of rotatable bonds is 7.